The van der Waals surface area contributed by atoms with Gasteiger partial charge in [-0.1, -0.05) is 6.42 Å². The summed E-state index contributed by atoms with van der Waals surface area (Å²) in [7, 11) is 0. The molecule has 3 rings (SSSR count). The molecule has 2 aliphatic heterocycles. The highest BCUT2D eigenvalue weighted by Gasteiger charge is 2.28. The first kappa shape index (κ1) is 19.6. The minimum absolute atomic E-state index is 0.120. The molecule has 0 bridgehead atoms. The molecule has 2 atom stereocenters. The number of carbonyl (C=O) groups excluding carboxylic acids is 2. The molecule has 7 nitrogen and oxygen atoms in total. The van der Waals surface area contributed by atoms with Gasteiger partial charge >= 0.3 is 0 Å². The summed E-state index contributed by atoms with van der Waals surface area (Å²) in [5.41, 5.74) is 0. The van der Waals surface area contributed by atoms with E-state index in [9.17, 15) is 9.59 Å². The van der Waals surface area contributed by atoms with E-state index in [4.69, 9.17) is 4.74 Å². The van der Waals surface area contributed by atoms with E-state index in [0.29, 0.717) is 19.6 Å². The van der Waals surface area contributed by atoms with Crippen molar-refractivity contribution in [2.75, 3.05) is 58.9 Å². The zero-order valence-corrected chi connectivity index (χ0v) is 16.3. The predicted molar refractivity (Wildman–Crippen MR) is 99.8 cm³/mol. The molecular weight excluding hydrogens is 332 g/mol. The molecule has 7 heteroatoms. The van der Waals surface area contributed by atoms with Gasteiger partial charge in [0.25, 0.3) is 0 Å². The van der Waals surface area contributed by atoms with Crippen molar-refractivity contribution < 1.29 is 14.3 Å². The maximum absolute atomic E-state index is 12.6. The Morgan fingerprint density at radius 1 is 1.00 bits per heavy atom. The summed E-state index contributed by atoms with van der Waals surface area (Å²) in [6.45, 7) is 11.3. The molecule has 0 aromatic heterocycles. The van der Waals surface area contributed by atoms with Crippen LogP contribution in [0.1, 0.15) is 33.1 Å². The summed E-state index contributed by atoms with van der Waals surface area (Å²) in [5, 5.41) is 3.06. The van der Waals surface area contributed by atoms with Gasteiger partial charge in [-0.15, -0.1) is 0 Å². The molecule has 1 saturated carbocycles. The Labute approximate surface area is 157 Å². The number of morpholine rings is 1. The van der Waals surface area contributed by atoms with Gasteiger partial charge in [0.1, 0.15) is 0 Å². The zero-order valence-electron chi connectivity index (χ0n) is 16.3. The van der Waals surface area contributed by atoms with Gasteiger partial charge in [-0.25, -0.2) is 0 Å². The third-order valence-electron chi connectivity index (χ3n) is 5.80. The fourth-order valence-electron chi connectivity index (χ4n) is 4.00. The van der Waals surface area contributed by atoms with Crippen LogP contribution in [0.5, 0.6) is 0 Å². The van der Waals surface area contributed by atoms with Gasteiger partial charge in [-0.3, -0.25) is 19.4 Å². The molecule has 26 heavy (non-hydrogen) atoms. The van der Waals surface area contributed by atoms with Crippen LogP contribution < -0.4 is 5.32 Å². The molecule has 0 aromatic rings. The Hall–Kier alpha value is -1.18. The molecule has 2 saturated heterocycles. The van der Waals surface area contributed by atoms with Gasteiger partial charge in [-0.2, -0.15) is 0 Å². The fraction of sp³-hybridized carbons (Fsp3) is 0.895. The number of amides is 2. The topological polar surface area (TPSA) is 65.1 Å². The fourth-order valence-corrected chi connectivity index (χ4v) is 4.00. The molecular formula is C19H34N4O3. The number of ether oxygens (including phenoxy) is 1. The molecule has 2 amide bonds. The zero-order chi connectivity index (χ0) is 18.5. The van der Waals surface area contributed by atoms with Gasteiger partial charge in [0.15, 0.2) is 0 Å². The van der Waals surface area contributed by atoms with Crippen LogP contribution in [-0.2, 0) is 14.3 Å². The number of nitrogens with zero attached hydrogens (tertiary/aromatic N) is 3. The van der Waals surface area contributed by atoms with Crippen molar-refractivity contribution in [2.45, 2.75) is 45.3 Å². The van der Waals surface area contributed by atoms with E-state index in [1.807, 2.05) is 18.7 Å². The molecule has 2 unspecified atom stereocenters. The molecule has 1 N–H and O–H groups in total. The van der Waals surface area contributed by atoms with Crippen molar-refractivity contribution in [1.29, 1.82) is 0 Å². The van der Waals surface area contributed by atoms with Gasteiger partial charge in [0, 0.05) is 58.3 Å². The summed E-state index contributed by atoms with van der Waals surface area (Å²) in [6.07, 6.45) is 3.55. The van der Waals surface area contributed by atoms with E-state index in [1.165, 1.54) is 6.42 Å². The lowest BCUT2D eigenvalue weighted by atomic mass is 9.85. The average molecular weight is 367 g/mol. The smallest absolute Gasteiger partial charge is 0.236 e. The van der Waals surface area contributed by atoms with Crippen molar-refractivity contribution in [2.24, 2.45) is 5.92 Å². The van der Waals surface area contributed by atoms with Gasteiger partial charge in [0.2, 0.25) is 11.8 Å². The Morgan fingerprint density at radius 3 is 2.19 bits per heavy atom. The van der Waals surface area contributed by atoms with Crippen LogP contribution in [0.4, 0.5) is 0 Å². The number of hydrogen-bond acceptors (Lipinski definition) is 5. The molecule has 1 aliphatic carbocycles. The summed E-state index contributed by atoms with van der Waals surface area (Å²) in [6, 6.07) is 0. The van der Waals surface area contributed by atoms with Crippen LogP contribution in [-0.4, -0.2) is 97.6 Å². The summed E-state index contributed by atoms with van der Waals surface area (Å²) >= 11 is 0. The van der Waals surface area contributed by atoms with Gasteiger partial charge in [0.05, 0.1) is 18.8 Å². The second-order valence-corrected chi connectivity index (χ2v) is 8.09. The Kier molecular flexibility index (Phi) is 6.89. The van der Waals surface area contributed by atoms with E-state index in [0.717, 1.165) is 52.1 Å². The van der Waals surface area contributed by atoms with Crippen molar-refractivity contribution in [3.8, 4) is 0 Å². The maximum Gasteiger partial charge on any atom is 0.236 e. The highest BCUT2D eigenvalue weighted by Crippen LogP contribution is 2.26. The van der Waals surface area contributed by atoms with Crippen LogP contribution >= 0.6 is 0 Å². The standard InChI is InChI=1S/C19H34N4O3/c1-15-12-23(13-16(2)26-15)18(24)14-22-10-8-21(9-11-22)7-6-20-19(25)17-4-3-5-17/h15-17H,3-14H2,1-2H3,(H,20,25). The molecule has 0 spiro atoms. The van der Waals surface area contributed by atoms with Gasteiger partial charge in [-0.05, 0) is 26.7 Å². The molecule has 0 aromatic carbocycles. The number of hydrogen-bond donors (Lipinski definition) is 1. The first-order chi connectivity index (χ1) is 12.5. The third-order valence-corrected chi connectivity index (χ3v) is 5.80. The van der Waals surface area contributed by atoms with E-state index < -0.39 is 0 Å². The van der Waals surface area contributed by atoms with Crippen molar-refractivity contribution in [3.63, 3.8) is 0 Å². The molecule has 2 heterocycles. The Morgan fingerprint density at radius 2 is 1.62 bits per heavy atom. The van der Waals surface area contributed by atoms with Gasteiger partial charge < -0.3 is 15.0 Å². The second-order valence-electron chi connectivity index (χ2n) is 8.09. The lowest BCUT2D eigenvalue weighted by Crippen LogP contribution is -2.54. The van der Waals surface area contributed by atoms with Crippen LogP contribution in [0.3, 0.4) is 0 Å². The number of nitrogens with one attached hydrogen (secondary N) is 1. The van der Waals surface area contributed by atoms with E-state index in [2.05, 4.69) is 15.1 Å². The highest BCUT2D eigenvalue weighted by molar-refractivity contribution is 5.79. The van der Waals surface area contributed by atoms with E-state index in [1.54, 1.807) is 0 Å². The SMILES string of the molecule is CC1CN(C(=O)CN2CCN(CCNC(=O)C3CCC3)CC2)CC(C)O1. The van der Waals surface area contributed by atoms with E-state index >= 15 is 0 Å². The van der Waals surface area contributed by atoms with Crippen LogP contribution in [0.25, 0.3) is 0 Å². The lowest BCUT2D eigenvalue weighted by molar-refractivity contribution is -0.144. The average Bonchev–Trinajstić information content (AvgIpc) is 2.54. The molecule has 3 aliphatic rings. The minimum Gasteiger partial charge on any atom is -0.372 e. The maximum atomic E-state index is 12.6. The second kappa shape index (κ2) is 9.15. The van der Waals surface area contributed by atoms with Crippen molar-refractivity contribution in [3.05, 3.63) is 0 Å². The Bertz CT molecular complexity index is 479. The van der Waals surface area contributed by atoms with Crippen molar-refractivity contribution >= 4 is 11.8 Å². The molecule has 0 radical (unpaired) electrons. The van der Waals surface area contributed by atoms with Crippen LogP contribution in [0.15, 0.2) is 0 Å². The molecule has 148 valence electrons. The highest BCUT2D eigenvalue weighted by atomic mass is 16.5. The number of rotatable bonds is 6. The lowest BCUT2D eigenvalue weighted by Gasteiger charge is -2.38. The first-order valence-electron chi connectivity index (χ1n) is 10.2. The largest absolute Gasteiger partial charge is 0.372 e. The quantitative estimate of drug-likeness (QED) is 0.725. The normalized spacial score (nSPS) is 28.6. The van der Waals surface area contributed by atoms with Crippen LogP contribution in [0.2, 0.25) is 0 Å². The summed E-state index contributed by atoms with van der Waals surface area (Å²) < 4.78 is 5.71. The predicted octanol–water partition coefficient (Wildman–Crippen LogP) is 0.156. The van der Waals surface area contributed by atoms with E-state index in [-0.39, 0.29) is 29.9 Å². The first-order valence-corrected chi connectivity index (χ1v) is 10.2. The summed E-state index contributed by atoms with van der Waals surface area (Å²) in [4.78, 5) is 31.0. The number of carbonyl (C=O) groups is 2. The monoisotopic (exact) mass is 366 g/mol. The number of piperazine rings is 1. The summed E-state index contributed by atoms with van der Waals surface area (Å²) in [5.74, 6) is 0.714. The Balaban J connectivity index is 1.30. The van der Waals surface area contributed by atoms with Crippen LogP contribution in [0, 0.1) is 5.92 Å². The minimum atomic E-state index is 0.120. The molecule has 3 fully saturated rings. The van der Waals surface area contributed by atoms with Crippen molar-refractivity contribution in [1.82, 2.24) is 20.0 Å². The third kappa shape index (κ3) is 5.41.